The van der Waals surface area contributed by atoms with Gasteiger partial charge in [-0.2, -0.15) is 0 Å². The first-order valence-corrected chi connectivity index (χ1v) is 14.4. The van der Waals surface area contributed by atoms with Crippen molar-refractivity contribution in [3.63, 3.8) is 0 Å². The van der Waals surface area contributed by atoms with Crippen molar-refractivity contribution in [1.29, 1.82) is 0 Å². The van der Waals surface area contributed by atoms with E-state index in [0.717, 1.165) is 16.3 Å². The summed E-state index contributed by atoms with van der Waals surface area (Å²) in [7, 11) is -2.02. The first-order valence-electron chi connectivity index (χ1n) is 7.79. The van der Waals surface area contributed by atoms with Crippen molar-refractivity contribution in [1.82, 2.24) is 0 Å². The fourth-order valence-electron chi connectivity index (χ4n) is 3.52. The molecule has 2 nitrogen and oxygen atoms in total. The molecular weight excluding hydrogens is 572 g/mol. The maximum absolute atomic E-state index is 10.0. The molecule has 1 aromatic heterocycles. The third kappa shape index (κ3) is 2.82. The molecule has 0 bridgehead atoms. The molecule has 0 aliphatic carbocycles. The molecule has 6 heteroatoms. The zero-order valence-corrected chi connectivity index (χ0v) is 20.2. The van der Waals surface area contributed by atoms with E-state index in [1.54, 1.807) is 6.07 Å². The number of phenols is 1. The SMILES string of the molecule is C=c1ccc2c(c1-c1[se]c(Br)cc1I)[Si](C)(C)c1cc(O)ccc1N=2. The van der Waals surface area contributed by atoms with Gasteiger partial charge in [0.2, 0.25) is 0 Å². The third-order valence-electron chi connectivity index (χ3n) is 4.67. The predicted octanol–water partition coefficient (Wildman–Crippen LogP) is 2.98. The van der Waals surface area contributed by atoms with Crippen LogP contribution in [0.15, 0.2) is 44.7 Å². The molecule has 1 N–H and O–H groups in total. The van der Waals surface area contributed by atoms with Crippen molar-refractivity contribution in [3.05, 3.63) is 53.9 Å². The van der Waals surface area contributed by atoms with E-state index in [1.165, 1.54) is 27.3 Å². The minimum absolute atomic E-state index is 0.266. The van der Waals surface area contributed by atoms with E-state index in [1.807, 2.05) is 12.1 Å². The maximum atomic E-state index is 10.0. The van der Waals surface area contributed by atoms with Gasteiger partial charge < -0.3 is 0 Å². The van der Waals surface area contributed by atoms with Gasteiger partial charge >= 0.3 is 177 Å². The second-order valence-electron chi connectivity index (χ2n) is 6.66. The van der Waals surface area contributed by atoms with Gasteiger partial charge in [-0.05, 0) is 0 Å². The van der Waals surface area contributed by atoms with Crippen LogP contribution in [0.5, 0.6) is 5.75 Å². The van der Waals surface area contributed by atoms with E-state index in [-0.39, 0.29) is 14.5 Å². The molecule has 126 valence electrons. The van der Waals surface area contributed by atoms with Gasteiger partial charge in [0.25, 0.3) is 0 Å². The van der Waals surface area contributed by atoms with E-state index in [2.05, 4.69) is 76.4 Å². The summed E-state index contributed by atoms with van der Waals surface area (Å²) in [5, 5.41) is 14.7. The Morgan fingerprint density at radius 3 is 2.64 bits per heavy atom. The van der Waals surface area contributed by atoms with Crippen LogP contribution in [0.3, 0.4) is 0 Å². The topological polar surface area (TPSA) is 32.6 Å². The van der Waals surface area contributed by atoms with Crippen molar-refractivity contribution in [2.24, 2.45) is 4.99 Å². The Labute approximate surface area is 175 Å². The van der Waals surface area contributed by atoms with Crippen LogP contribution < -0.4 is 20.9 Å². The van der Waals surface area contributed by atoms with Crippen molar-refractivity contribution in [2.75, 3.05) is 0 Å². The third-order valence-corrected chi connectivity index (χ3v) is 12.9. The molecule has 0 saturated carbocycles. The van der Waals surface area contributed by atoms with Gasteiger partial charge in [0.05, 0.1) is 0 Å². The Hall–Kier alpha value is -0.664. The summed E-state index contributed by atoms with van der Waals surface area (Å²) < 4.78 is 3.94. The van der Waals surface area contributed by atoms with Crippen LogP contribution in [-0.2, 0) is 0 Å². The molecule has 4 rings (SSSR count). The Kier molecular flexibility index (Phi) is 4.40. The van der Waals surface area contributed by atoms with E-state index in [9.17, 15) is 5.11 Å². The first-order chi connectivity index (χ1) is 11.8. The summed E-state index contributed by atoms with van der Waals surface area (Å²) in [5.74, 6) is 0.314. The van der Waals surface area contributed by atoms with Crippen molar-refractivity contribution >= 4 is 83.7 Å². The number of hydrogen-bond acceptors (Lipinski definition) is 2. The van der Waals surface area contributed by atoms with Crippen LogP contribution in [-0.4, -0.2) is 27.7 Å². The van der Waals surface area contributed by atoms with Crippen molar-refractivity contribution < 1.29 is 5.11 Å². The van der Waals surface area contributed by atoms with Gasteiger partial charge in [-0.25, -0.2) is 0 Å². The van der Waals surface area contributed by atoms with E-state index in [4.69, 9.17) is 4.99 Å². The molecule has 0 atom stereocenters. The molecule has 1 aliphatic heterocycles. The fraction of sp³-hybridized carbons (Fsp3) is 0.105. The summed E-state index contributed by atoms with van der Waals surface area (Å²) in [4.78, 5) is 4.91. The second-order valence-corrected chi connectivity index (χ2v) is 16.4. The summed E-state index contributed by atoms with van der Waals surface area (Å²) in [5.41, 5.74) is 2.27. The van der Waals surface area contributed by atoms with E-state index >= 15 is 0 Å². The quantitative estimate of drug-likeness (QED) is 0.345. The molecule has 1 aliphatic rings. The standard InChI is InChI=1S/C19H15BrINOSeSi/c1-10-4-6-14-19(17(10)18-12(21)9-16(20)24-18)25(2,3)15-8-11(23)5-7-13(15)22-14/h4-9,23H,1H2,2-3H3. The van der Waals surface area contributed by atoms with Gasteiger partial charge in [-0.3, -0.25) is 0 Å². The summed E-state index contributed by atoms with van der Waals surface area (Å²) in [6.45, 7) is 9.03. The Bertz CT molecular complexity index is 1140. The molecule has 2 heterocycles. The van der Waals surface area contributed by atoms with E-state index < -0.39 is 8.07 Å². The van der Waals surface area contributed by atoms with Gasteiger partial charge in [0.15, 0.2) is 0 Å². The van der Waals surface area contributed by atoms with Crippen molar-refractivity contribution in [3.8, 4) is 15.8 Å². The summed E-state index contributed by atoms with van der Waals surface area (Å²) >= 11 is 6.37. The molecule has 0 unspecified atom stereocenters. The molecule has 2 aromatic carbocycles. The van der Waals surface area contributed by atoms with Gasteiger partial charge in [0, 0.05) is 0 Å². The Morgan fingerprint density at radius 2 is 1.96 bits per heavy atom. The van der Waals surface area contributed by atoms with Crippen LogP contribution >= 0.6 is 38.5 Å². The Balaban J connectivity index is 2.15. The number of halogens is 2. The first kappa shape index (κ1) is 17.7. The van der Waals surface area contributed by atoms with Gasteiger partial charge in [-0.15, -0.1) is 0 Å². The summed E-state index contributed by atoms with van der Waals surface area (Å²) in [6.07, 6.45) is 0. The van der Waals surface area contributed by atoms with Gasteiger partial charge in [0.1, 0.15) is 0 Å². The number of rotatable bonds is 1. The van der Waals surface area contributed by atoms with Crippen LogP contribution in [0.4, 0.5) is 5.69 Å². The van der Waals surface area contributed by atoms with Crippen LogP contribution in [0.25, 0.3) is 16.6 Å². The molecule has 3 aromatic rings. The van der Waals surface area contributed by atoms with Crippen LogP contribution in [0.1, 0.15) is 0 Å². The molecule has 0 fully saturated rings. The minimum atomic E-state index is -2.02. The zero-order chi connectivity index (χ0) is 17.9. The van der Waals surface area contributed by atoms with Crippen LogP contribution in [0, 0.1) is 3.57 Å². The summed E-state index contributed by atoms with van der Waals surface area (Å²) in [6, 6.07) is 12.0. The van der Waals surface area contributed by atoms with Gasteiger partial charge in [-0.1, -0.05) is 0 Å². The normalized spacial score (nSPS) is 14.6. The average Bonchev–Trinajstić information content (AvgIpc) is 2.87. The molecule has 0 radical (unpaired) electrons. The average molecular weight is 587 g/mol. The molecule has 0 spiro atoms. The Morgan fingerprint density at radius 1 is 1.20 bits per heavy atom. The van der Waals surface area contributed by atoms with E-state index in [0.29, 0.717) is 5.75 Å². The molecular formula is C19H15BrINOSeSi. The van der Waals surface area contributed by atoms with Crippen molar-refractivity contribution in [2.45, 2.75) is 13.1 Å². The monoisotopic (exact) mass is 587 g/mol. The number of aromatic hydroxyl groups is 1. The predicted molar refractivity (Wildman–Crippen MR) is 120 cm³/mol. The van der Waals surface area contributed by atoms with Crippen LogP contribution in [0.2, 0.25) is 13.1 Å². The number of fused-ring (bicyclic) bond motifs is 2. The number of benzene rings is 2. The zero-order valence-electron chi connectivity index (χ0n) is 13.7. The number of nitrogens with zero attached hydrogens (tertiary/aromatic N) is 1. The second kappa shape index (κ2) is 6.20. The molecule has 25 heavy (non-hydrogen) atoms. The number of phenolic OH excluding ortho intramolecular Hbond substituents is 1. The molecule has 0 amide bonds. The fourth-order valence-corrected chi connectivity index (χ4v) is 11.9. The molecule has 0 saturated heterocycles. The number of hydrogen-bond donors (Lipinski definition) is 1.